The molecule has 2 unspecified atom stereocenters. The molecule has 1 aromatic rings. The van der Waals surface area contributed by atoms with Gasteiger partial charge in [-0.3, -0.25) is 4.79 Å². The second kappa shape index (κ2) is 6.43. The molecule has 0 aliphatic carbocycles. The maximum absolute atomic E-state index is 12.4. The first kappa shape index (κ1) is 15.8. The summed E-state index contributed by atoms with van der Waals surface area (Å²) >= 11 is 0. The summed E-state index contributed by atoms with van der Waals surface area (Å²) in [6, 6.07) is 1.78. The van der Waals surface area contributed by atoms with Gasteiger partial charge in [0.15, 0.2) is 0 Å². The Balaban J connectivity index is 1.96. The molecule has 1 saturated heterocycles. The highest BCUT2D eigenvalue weighted by Crippen LogP contribution is 2.28. The van der Waals surface area contributed by atoms with Gasteiger partial charge in [0, 0.05) is 0 Å². The van der Waals surface area contributed by atoms with Gasteiger partial charge < -0.3 is 10.6 Å². The molecule has 21 heavy (non-hydrogen) atoms. The number of rotatable bonds is 3. The summed E-state index contributed by atoms with van der Waals surface area (Å²) in [4.78, 5) is 15.4. The number of nitrogens with one attached hydrogen (secondary N) is 2. The quantitative estimate of drug-likeness (QED) is 0.902. The van der Waals surface area contributed by atoms with Gasteiger partial charge in [-0.05, 0) is 37.4 Å². The Morgan fingerprint density at radius 2 is 2.24 bits per heavy atom. The number of anilines is 1. The average Bonchev–Trinajstić information content (AvgIpc) is 2.47. The van der Waals surface area contributed by atoms with Crippen LogP contribution in [0.25, 0.3) is 0 Å². The van der Waals surface area contributed by atoms with E-state index in [4.69, 9.17) is 0 Å². The van der Waals surface area contributed by atoms with Crippen LogP contribution in [0.4, 0.5) is 18.9 Å². The van der Waals surface area contributed by atoms with E-state index in [1.165, 1.54) is 6.07 Å². The number of piperidine rings is 1. The third-order valence-corrected chi connectivity index (χ3v) is 3.73. The molecule has 0 bridgehead atoms. The second-order valence-electron chi connectivity index (χ2n) is 5.22. The van der Waals surface area contributed by atoms with Gasteiger partial charge in [-0.1, -0.05) is 13.3 Å². The zero-order valence-electron chi connectivity index (χ0n) is 11.7. The largest absolute Gasteiger partial charge is 0.433 e. The van der Waals surface area contributed by atoms with Crippen molar-refractivity contribution in [1.29, 1.82) is 0 Å². The summed E-state index contributed by atoms with van der Waals surface area (Å²) in [5.74, 6) is 0.280. The van der Waals surface area contributed by atoms with Crippen molar-refractivity contribution < 1.29 is 18.0 Å². The summed E-state index contributed by atoms with van der Waals surface area (Å²) in [7, 11) is 0. The van der Waals surface area contributed by atoms with E-state index in [-0.39, 0.29) is 17.6 Å². The fraction of sp³-hybridized carbons (Fsp3) is 0.571. The van der Waals surface area contributed by atoms with Gasteiger partial charge in [0.25, 0.3) is 0 Å². The minimum atomic E-state index is -4.47. The standard InChI is InChI=1S/C14H18F3N3O/c1-2-9-5-6-18-11(7-9)13(21)20-10-3-4-12(19-8-10)14(15,16)17/h3-4,8-9,11,18H,2,5-7H2,1H3,(H,20,21). The highest BCUT2D eigenvalue weighted by atomic mass is 19.4. The van der Waals surface area contributed by atoms with Crippen LogP contribution in [0.1, 0.15) is 31.9 Å². The molecule has 0 aromatic carbocycles. The predicted molar refractivity (Wildman–Crippen MR) is 72.7 cm³/mol. The van der Waals surface area contributed by atoms with Gasteiger partial charge in [0.2, 0.25) is 5.91 Å². The van der Waals surface area contributed by atoms with Crippen LogP contribution in [0.15, 0.2) is 18.3 Å². The number of halogens is 3. The van der Waals surface area contributed by atoms with E-state index in [1.54, 1.807) is 0 Å². The Morgan fingerprint density at radius 3 is 2.81 bits per heavy atom. The molecule has 1 amide bonds. The number of nitrogens with zero attached hydrogens (tertiary/aromatic N) is 1. The number of aromatic nitrogens is 1. The third kappa shape index (κ3) is 4.17. The van der Waals surface area contributed by atoms with Crippen LogP contribution < -0.4 is 10.6 Å². The fourth-order valence-electron chi connectivity index (χ4n) is 2.43. The van der Waals surface area contributed by atoms with Crippen molar-refractivity contribution >= 4 is 11.6 Å². The highest BCUT2D eigenvalue weighted by Gasteiger charge is 2.32. The molecule has 1 aromatic heterocycles. The van der Waals surface area contributed by atoms with E-state index in [0.717, 1.165) is 38.1 Å². The molecule has 2 rings (SSSR count). The van der Waals surface area contributed by atoms with Crippen molar-refractivity contribution in [2.24, 2.45) is 5.92 Å². The summed E-state index contributed by atoms with van der Waals surface area (Å²) in [6.45, 7) is 2.87. The molecule has 2 heterocycles. The first-order valence-electron chi connectivity index (χ1n) is 6.97. The van der Waals surface area contributed by atoms with Crippen LogP contribution >= 0.6 is 0 Å². The molecule has 0 radical (unpaired) electrons. The van der Waals surface area contributed by atoms with E-state index in [9.17, 15) is 18.0 Å². The molecule has 1 fully saturated rings. The number of pyridine rings is 1. The van der Waals surface area contributed by atoms with E-state index in [0.29, 0.717) is 5.92 Å². The maximum atomic E-state index is 12.4. The molecule has 2 atom stereocenters. The minimum absolute atomic E-state index is 0.227. The van der Waals surface area contributed by atoms with Crippen molar-refractivity contribution in [3.63, 3.8) is 0 Å². The van der Waals surface area contributed by atoms with Gasteiger partial charge in [-0.25, -0.2) is 4.98 Å². The Bertz CT molecular complexity index is 487. The monoisotopic (exact) mass is 301 g/mol. The number of carbonyl (C=O) groups excluding carboxylic acids is 1. The first-order chi connectivity index (χ1) is 9.90. The lowest BCUT2D eigenvalue weighted by atomic mass is 9.90. The van der Waals surface area contributed by atoms with Crippen LogP contribution in [0.3, 0.4) is 0 Å². The predicted octanol–water partition coefficient (Wildman–Crippen LogP) is 2.82. The lowest BCUT2D eigenvalue weighted by Crippen LogP contribution is -2.46. The molecule has 0 saturated carbocycles. The van der Waals surface area contributed by atoms with Crippen LogP contribution in [-0.2, 0) is 11.0 Å². The Morgan fingerprint density at radius 1 is 1.48 bits per heavy atom. The third-order valence-electron chi connectivity index (χ3n) is 3.73. The van der Waals surface area contributed by atoms with Crippen molar-refractivity contribution in [1.82, 2.24) is 10.3 Å². The lowest BCUT2D eigenvalue weighted by Gasteiger charge is -2.28. The summed E-state index contributed by atoms with van der Waals surface area (Å²) in [5, 5.41) is 5.73. The first-order valence-corrected chi connectivity index (χ1v) is 6.97. The highest BCUT2D eigenvalue weighted by molar-refractivity contribution is 5.94. The van der Waals surface area contributed by atoms with Crippen molar-refractivity contribution in [3.05, 3.63) is 24.0 Å². The topological polar surface area (TPSA) is 54.0 Å². The Labute approximate surface area is 121 Å². The molecule has 0 spiro atoms. The van der Waals surface area contributed by atoms with Gasteiger partial charge in [-0.2, -0.15) is 13.2 Å². The van der Waals surface area contributed by atoms with Crippen molar-refractivity contribution in [2.45, 2.75) is 38.4 Å². The van der Waals surface area contributed by atoms with E-state index < -0.39 is 11.9 Å². The van der Waals surface area contributed by atoms with Gasteiger partial charge >= 0.3 is 6.18 Å². The molecule has 1 aliphatic heterocycles. The SMILES string of the molecule is CCC1CCNC(C(=O)Nc2ccc(C(F)(F)F)nc2)C1. The number of hydrogen-bond donors (Lipinski definition) is 2. The number of carbonyl (C=O) groups is 1. The number of amides is 1. The van der Waals surface area contributed by atoms with Gasteiger partial charge in [-0.15, -0.1) is 0 Å². The number of alkyl halides is 3. The average molecular weight is 301 g/mol. The van der Waals surface area contributed by atoms with Crippen LogP contribution in [0.5, 0.6) is 0 Å². The zero-order chi connectivity index (χ0) is 15.5. The molecule has 7 heteroatoms. The molecule has 116 valence electrons. The van der Waals surface area contributed by atoms with Crippen LogP contribution in [-0.4, -0.2) is 23.5 Å². The molecular weight excluding hydrogens is 283 g/mol. The Hall–Kier alpha value is -1.63. The summed E-state index contributed by atoms with van der Waals surface area (Å²) in [5.41, 5.74) is -0.698. The summed E-state index contributed by atoms with van der Waals surface area (Å²) < 4.78 is 37.2. The Kier molecular flexibility index (Phi) is 4.82. The van der Waals surface area contributed by atoms with Gasteiger partial charge in [0.05, 0.1) is 17.9 Å². The number of hydrogen-bond acceptors (Lipinski definition) is 3. The normalized spacial score (nSPS) is 22.9. The maximum Gasteiger partial charge on any atom is 0.433 e. The van der Waals surface area contributed by atoms with Crippen molar-refractivity contribution in [2.75, 3.05) is 11.9 Å². The molecular formula is C14H18F3N3O. The van der Waals surface area contributed by atoms with Crippen LogP contribution in [0, 0.1) is 5.92 Å². The zero-order valence-corrected chi connectivity index (χ0v) is 11.7. The second-order valence-corrected chi connectivity index (χ2v) is 5.22. The fourth-order valence-corrected chi connectivity index (χ4v) is 2.43. The lowest BCUT2D eigenvalue weighted by molar-refractivity contribution is -0.141. The van der Waals surface area contributed by atoms with Crippen LogP contribution in [0.2, 0.25) is 0 Å². The summed E-state index contributed by atoms with van der Waals surface area (Å²) in [6.07, 6.45) is -0.630. The minimum Gasteiger partial charge on any atom is -0.323 e. The molecule has 1 aliphatic rings. The van der Waals surface area contributed by atoms with E-state index in [2.05, 4.69) is 22.5 Å². The molecule has 2 N–H and O–H groups in total. The molecule has 4 nitrogen and oxygen atoms in total. The van der Waals surface area contributed by atoms with Gasteiger partial charge in [0.1, 0.15) is 5.69 Å². The van der Waals surface area contributed by atoms with Crippen molar-refractivity contribution in [3.8, 4) is 0 Å². The smallest absolute Gasteiger partial charge is 0.323 e. The van der Waals surface area contributed by atoms with E-state index >= 15 is 0 Å². The van der Waals surface area contributed by atoms with E-state index in [1.807, 2.05) is 0 Å².